The molecule has 1 heterocycles. The number of pyridine rings is 1. The highest BCUT2D eigenvalue weighted by atomic mass is 79.9. The van der Waals surface area contributed by atoms with E-state index in [2.05, 4.69) is 20.9 Å². The summed E-state index contributed by atoms with van der Waals surface area (Å²) >= 11 is 3.43. The molecule has 21 heavy (non-hydrogen) atoms. The monoisotopic (exact) mass is 351 g/mol. The van der Waals surface area contributed by atoms with E-state index in [-0.39, 0.29) is 5.69 Å². The lowest BCUT2D eigenvalue weighted by Crippen LogP contribution is -2.18. The number of methoxy groups -OCH3 is 1. The minimum absolute atomic E-state index is 0.0211. The predicted octanol–water partition coefficient (Wildman–Crippen LogP) is 3.40. The highest BCUT2D eigenvalue weighted by Crippen LogP contribution is 2.25. The number of nitro groups is 1. The summed E-state index contributed by atoms with van der Waals surface area (Å²) < 4.78 is 6.29. The molecular formula is C14H14BrN3O3. The number of ether oxygens (including phenoxy) is 1. The Labute approximate surface area is 130 Å². The van der Waals surface area contributed by atoms with Gasteiger partial charge in [0.05, 0.1) is 12.0 Å². The zero-order chi connectivity index (χ0) is 15.4. The Bertz CT molecular complexity index is 646. The molecule has 0 aliphatic heterocycles. The van der Waals surface area contributed by atoms with Crippen LogP contribution in [0.5, 0.6) is 5.75 Å². The largest absolute Gasteiger partial charge is 0.496 e. The summed E-state index contributed by atoms with van der Waals surface area (Å²) in [6.07, 6.45) is 1.25. The maximum atomic E-state index is 10.6. The standard InChI is InChI=1S/C14H14BrN3O3/c1-17(14-6-4-12(8-16-14)18(19)20)9-10-7-11(15)3-5-13(10)21-2/h3-8H,9H2,1-2H3. The van der Waals surface area contributed by atoms with Gasteiger partial charge in [0, 0.05) is 29.7 Å². The van der Waals surface area contributed by atoms with Crippen LogP contribution < -0.4 is 9.64 Å². The van der Waals surface area contributed by atoms with Crippen LogP contribution in [-0.2, 0) is 6.54 Å². The zero-order valence-corrected chi connectivity index (χ0v) is 13.2. The van der Waals surface area contributed by atoms with Crippen molar-refractivity contribution >= 4 is 27.4 Å². The first-order valence-electron chi connectivity index (χ1n) is 6.15. The van der Waals surface area contributed by atoms with Gasteiger partial charge in [0.25, 0.3) is 5.69 Å². The van der Waals surface area contributed by atoms with Gasteiger partial charge in [0.2, 0.25) is 0 Å². The van der Waals surface area contributed by atoms with E-state index in [1.807, 2.05) is 30.1 Å². The van der Waals surface area contributed by atoms with Crippen LogP contribution in [0.3, 0.4) is 0 Å². The number of benzene rings is 1. The van der Waals surface area contributed by atoms with Crippen molar-refractivity contribution in [1.29, 1.82) is 0 Å². The van der Waals surface area contributed by atoms with Gasteiger partial charge in [-0.15, -0.1) is 0 Å². The van der Waals surface area contributed by atoms with Crippen molar-refractivity contribution in [3.63, 3.8) is 0 Å². The molecule has 0 radical (unpaired) electrons. The molecule has 0 spiro atoms. The molecular weight excluding hydrogens is 338 g/mol. The molecule has 0 aliphatic rings. The summed E-state index contributed by atoms with van der Waals surface area (Å²) in [6.45, 7) is 0.577. The second-order valence-electron chi connectivity index (χ2n) is 4.44. The number of aromatic nitrogens is 1. The molecule has 0 unspecified atom stereocenters. The molecule has 0 amide bonds. The molecule has 0 N–H and O–H groups in total. The first-order valence-corrected chi connectivity index (χ1v) is 6.94. The second kappa shape index (κ2) is 6.53. The lowest BCUT2D eigenvalue weighted by Gasteiger charge is -2.19. The Morgan fingerprint density at radius 3 is 2.71 bits per heavy atom. The van der Waals surface area contributed by atoms with Crippen molar-refractivity contribution in [3.8, 4) is 5.75 Å². The van der Waals surface area contributed by atoms with Crippen molar-refractivity contribution in [2.24, 2.45) is 0 Å². The van der Waals surface area contributed by atoms with Crippen molar-refractivity contribution < 1.29 is 9.66 Å². The molecule has 0 saturated carbocycles. The first-order chi connectivity index (χ1) is 10.0. The van der Waals surface area contributed by atoms with E-state index in [0.29, 0.717) is 12.4 Å². The van der Waals surface area contributed by atoms with Crippen molar-refractivity contribution in [2.45, 2.75) is 6.54 Å². The van der Waals surface area contributed by atoms with E-state index in [1.54, 1.807) is 13.2 Å². The van der Waals surface area contributed by atoms with Crippen LogP contribution >= 0.6 is 15.9 Å². The summed E-state index contributed by atoms with van der Waals surface area (Å²) in [5.74, 6) is 1.44. The molecule has 1 aromatic heterocycles. The van der Waals surface area contributed by atoms with Crippen LogP contribution in [0, 0.1) is 10.1 Å². The molecule has 0 aliphatic carbocycles. The van der Waals surface area contributed by atoms with Crippen molar-refractivity contribution in [1.82, 2.24) is 4.98 Å². The SMILES string of the molecule is COc1ccc(Br)cc1CN(C)c1ccc([N+](=O)[O-])cn1. The summed E-state index contributed by atoms with van der Waals surface area (Å²) in [5.41, 5.74) is 0.974. The summed E-state index contributed by atoms with van der Waals surface area (Å²) in [6, 6.07) is 8.84. The number of rotatable bonds is 5. The fourth-order valence-corrected chi connectivity index (χ4v) is 2.33. The zero-order valence-electron chi connectivity index (χ0n) is 11.6. The average Bonchev–Trinajstić information content (AvgIpc) is 2.47. The molecule has 6 nitrogen and oxygen atoms in total. The Morgan fingerprint density at radius 2 is 2.14 bits per heavy atom. The van der Waals surface area contributed by atoms with Crippen LogP contribution in [0.1, 0.15) is 5.56 Å². The topological polar surface area (TPSA) is 68.5 Å². The maximum Gasteiger partial charge on any atom is 0.287 e. The van der Waals surface area contributed by atoms with Gasteiger partial charge in [-0.3, -0.25) is 10.1 Å². The van der Waals surface area contributed by atoms with E-state index in [9.17, 15) is 10.1 Å². The second-order valence-corrected chi connectivity index (χ2v) is 5.36. The summed E-state index contributed by atoms with van der Waals surface area (Å²) in [4.78, 5) is 16.2. The van der Waals surface area contributed by atoms with Gasteiger partial charge in [-0.1, -0.05) is 15.9 Å². The van der Waals surface area contributed by atoms with Crippen molar-refractivity contribution in [2.75, 3.05) is 19.1 Å². The van der Waals surface area contributed by atoms with E-state index >= 15 is 0 Å². The van der Waals surface area contributed by atoms with Gasteiger partial charge in [0.1, 0.15) is 17.8 Å². The normalized spacial score (nSPS) is 10.2. The van der Waals surface area contributed by atoms with Gasteiger partial charge in [-0.2, -0.15) is 0 Å². The van der Waals surface area contributed by atoms with E-state index in [1.165, 1.54) is 12.3 Å². The smallest absolute Gasteiger partial charge is 0.287 e. The fraction of sp³-hybridized carbons (Fsp3) is 0.214. The number of nitrogens with zero attached hydrogens (tertiary/aromatic N) is 3. The van der Waals surface area contributed by atoms with Crippen molar-refractivity contribution in [3.05, 3.63) is 56.7 Å². The first kappa shape index (κ1) is 15.2. The third-order valence-corrected chi connectivity index (χ3v) is 3.48. The molecule has 2 aromatic rings. The fourth-order valence-electron chi connectivity index (χ4n) is 1.92. The third kappa shape index (κ3) is 3.69. The lowest BCUT2D eigenvalue weighted by atomic mass is 10.2. The molecule has 0 bridgehead atoms. The molecule has 0 saturated heterocycles. The summed E-state index contributed by atoms with van der Waals surface area (Å²) in [7, 11) is 3.49. The Hall–Kier alpha value is -2.15. The van der Waals surface area contributed by atoms with Crippen LogP contribution in [0.4, 0.5) is 11.5 Å². The molecule has 2 rings (SSSR count). The summed E-state index contributed by atoms with van der Waals surface area (Å²) in [5, 5.41) is 10.6. The minimum atomic E-state index is -0.464. The molecule has 0 atom stereocenters. The average molecular weight is 352 g/mol. The van der Waals surface area contributed by atoms with Gasteiger partial charge in [0.15, 0.2) is 0 Å². The minimum Gasteiger partial charge on any atom is -0.496 e. The Kier molecular flexibility index (Phi) is 4.74. The van der Waals surface area contributed by atoms with Gasteiger partial charge >= 0.3 is 0 Å². The van der Waals surface area contributed by atoms with E-state index in [4.69, 9.17) is 4.74 Å². The number of halogens is 1. The van der Waals surface area contributed by atoms with Crippen LogP contribution in [0.2, 0.25) is 0 Å². The third-order valence-electron chi connectivity index (χ3n) is 2.98. The highest BCUT2D eigenvalue weighted by Gasteiger charge is 2.11. The molecule has 110 valence electrons. The number of hydrogen-bond acceptors (Lipinski definition) is 5. The highest BCUT2D eigenvalue weighted by molar-refractivity contribution is 9.10. The van der Waals surface area contributed by atoms with Crippen LogP contribution in [-0.4, -0.2) is 24.1 Å². The number of anilines is 1. The van der Waals surface area contributed by atoms with Crippen LogP contribution in [0.25, 0.3) is 0 Å². The van der Waals surface area contributed by atoms with Gasteiger partial charge in [-0.25, -0.2) is 4.98 Å². The Balaban J connectivity index is 2.19. The number of hydrogen-bond donors (Lipinski definition) is 0. The lowest BCUT2D eigenvalue weighted by molar-refractivity contribution is -0.385. The molecule has 0 fully saturated rings. The predicted molar refractivity (Wildman–Crippen MR) is 83.7 cm³/mol. The Morgan fingerprint density at radius 1 is 1.38 bits per heavy atom. The maximum absolute atomic E-state index is 10.6. The molecule has 7 heteroatoms. The molecule has 1 aromatic carbocycles. The van der Waals surface area contributed by atoms with E-state index in [0.717, 1.165) is 15.8 Å². The van der Waals surface area contributed by atoms with Gasteiger partial charge < -0.3 is 9.64 Å². The quantitative estimate of drug-likeness (QED) is 0.609. The van der Waals surface area contributed by atoms with E-state index < -0.39 is 4.92 Å². The van der Waals surface area contributed by atoms with Gasteiger partial charge in [-0.05, 0) is 24.3 Å². The van der Waals surface area contributed by atoms with Crippen LogP contribution in [0.15, 0.2) is 41.0 Å².